The molecule has 0 bridgehead atoms. The fourth-order valence-corrected chi connectivity index (χ4v) is 3.66. The monoisotopic (exact) mass is 388 g/mol. The van der Waals surface area contributed by atoms with E-state index in [0.29, 0.717) is 11.0 Å². The number of thiazole rings is 1. The van der Waals surface area contributed by atoms with Crippen molar-refractivity contribution in [2.24, 2.45) is 5.73 Å². The number of rotatable bonds is 4. The predicted molar refractivity (Wildman–Crippen MR) is 103 cm³/mol. The van der Waals surface area contributed by atoms with E-state index >= 15 is 0 Å². The van der Waals surface area contributed by atoms with E-state index in [4.69, 9.17) is 5.73 Å². The molecule has 0 spiro atoms. The second-order valence-corrected chi connectivity index (χ2v) is 6.56. The number of hydrogen-bond donors (Lipinski definition) is 2. The van der Waals surface area contributed by atoms with Crippen LogP contribution in [0.4, 0.5) is 5.13 Å². The van der Waals surface area contributed by atoms with Gasteiger partial charge in [0.1, 0.15) is 0 Å². The molecule has 3 rings (SSSR count). The number of aromatic nitrogens is 1. The maximum absolute atomic E-state index is 11.0. The van der Waals surface area contributed by atoms with Crippen LogP contribution >= 0.6 is 36.2 Å². The summed E-state index contributed by atoms with van der Waals surface area (Å²) in [5.74, 6) is 0.280. The normalized spacial score (nSPS) is 20.1. The Kier molecular flexibility index (Phi) is 8.12. The minimum atomic E-state index is -0.0896. The molecule has 5 nitrogen and oxygen atoms in total. The number of likely N-dealkylation sites (tertiary alicyclic amines) is 1. The summed E-state index contributed by atoms with van der Waals surface area (Å²) in [4.78, 5) is 17.8. The molecule has 1 aromatic heterocycles. The van der Waals surface area contributed by atoms with Gasteiger partial charge in [-0.1, -0.05) is 30.3 Å². The predicted octanol–water partition coefficient (Wildman–Crippen LogP) is 2.87. The average Bonchev–Trinajstić information content (AvgIpc) is 3.06. The molecule has 8 heteroatoms. The van der Waals surface area contributed by atoms with Crippen LogP contribution in [-0.2, 0) is 11.3 Å². The highest BCUT2D eigenvalue weighted by atomic mass is 35.5. The quantitative estimate of drug-likeness (QED) is 0.844. The molecule has 1 amide bonds. The van der Waals surface area contributed by atoms with Crippen molar-refractivity contribution in [1.29, 1.82) is 0 Å². The van der Waals surface area contributed by atoms with Crippen LogP contribution < -0.4 is 11.1 Å². The Labute approximate surface area is 158 Å². The second kappa shape index (κ2) is 9.34. The van der Waals surface area contributed by atoms with E-state index in [9.17, 15) is 4.79 Å². The van der Waals surface area contributed by atoms with E-state index in [1.54, 1.807) is 0 Å². The lowest BCUT2D eigenvalue weighted by molar-refractivity contribution is -0.114. The first-order valence-electron chi connectivity index (χ1n) is 7.36. The van der Waals surface area contributed by atoms with Crippen molar-refractivity contribution in [3.8, 4) is 0 Å². The van der Waals surface area contributed by atoms with Crippen LogP contribution in [0.15, 0.2) is 35.7 Å². The number of halogens is 2. The number of amides is 1. The minimum Gasteiger partial charge on any atom is -0.326 e. The molecule has 1 aliphatic rings. The first kappa shape index (κ1) is 20.9. The number of hydrogen-bond acceptors (Lipinski definition) is 5. The molecular formula is C16H22Cl2N4OS. The van der Waals surface area contributed by atoms with E-state index in [1.165, 1.54) is 23.8 Å². The van der Waals surface area contributed by atoms with E-state index in [1.807, 2.05) is 11.4 Å². The van der Waals surface area contributed by atoms with Gasteiger partial charge in [0.15, 0.2) is 5.13 Å². The molecule has 1 fully saturated rings. The number of anilines is 1. The van der Waals surface area contributed by atoms with Crippen molar-refractivity contribution < 1.29 is 4.79 Å². The standard InChI is InChI=1S/C16H20N4OS.2ClH/c1-11(21)18-16-19-13(10-22-16)7-20-8-14(15(17)9-20)12-5-3-2-4-6-12;;/h2-6,10,14-15H,7-9,17H2,1H3,(H,18,19,21);2*1H/t14-,15+;;/m0../s1. The van der Waals surface area contributed by atoms with Crippen molar-refractivity contribution in [3.63, 3.8) is 0 Å². The van der Waals surface area contributed by atoms with Crippen molar-refractivity contribution in [3.05, 3.63) is 47.0 Å². The number of carbonyl (C=O) groups excluding carboxylic acids is 1. The Morgan fingerprint density at radius 1 is 1.33 bits per heavy atom. The highest BCUT2D eigenvalue weighted by molar-refractivity contribution is 7.13. The summed E-state index contributed by atoms with van der Waals surface area (Å²) < 4.78 is 0. The molecule has 3 N–H and O–H groups in total. The van der Waals surface area contributed by atoms with Gasteiger partial charge in [0.25, 0.3) is 0 Å². The number of nitrogens with two attached hydrogens (primary N) is 1. The molecule has 2 atom stereocenters. The molecule has 2 heterocycles. The minimum absolute atomic E-state index is 0. The second-order valence-electron chi connectivity index (χ2n) is 5.70. The van der Waals surface area contributed by atoms with Gasteiger partial charge in [-0.3, -0.25) is 9.69 Å². The van der Waals surface area contributed by atoms with Crippen LogP contribution in [0.2, 0.25) is 0 Å². The molecule has 1 aliphatic heterocycles. The van der Waals surface area contributed by atoms with Crippen LogP contribution in [0.25, 0.3) is 0 Å². The summed E-state index contributed by atoms with van der Waals surface area (Å²) in [7, 11) is 0. The number of carbonyl (C=O) groups is 1. The molecule has 1 saturated heterocycles. The topological polar surface area (TPSA) is 71.2 Å². The molecular weight excluding hydrogens is 367 g/mol. The lowest BCUT2D eigenvalue weighted by atomic mass is 9.95. The maximum atomic E-state index is 11.0. The van der Waals surface area contributed by atoms with Crippen LogP contribution in [0.5, 0.6) is 0 Å². The molecule has 0 saturated carbocycles. The highest BCUT2D eigenvalue weighted by Gasteiger charge is 2.31. The Morgan fingerprint density at radius 3 is 2.71 bits per heavy atom. The molecule has 0 radical (unpaired) electrons. The summed E-state index contributed by atoms with van der Waals surface area (Å²) in [6, 6.07) is 10.6. The smallest absolute Gasteiger partial charge is 0.223 e. The van der Waals surface area contributed by atoms with Gasteiger partial charge in [0, 0.05) is 43.9 Å². The van der Waals surface area contributed by atoms with Crippen LogP contribution in [0.3, 0.4) is 0 Å². The number of nitrogens with zero attached hydrogens (tertiary/aromatic N) is 2. The maximum Gasteiger partial charge on any atom is 0.223 e. The van der Waals surface area contributed by atoms with Crippen molar-refractivity contribution in [2.45, 2.75) is 25.4 Å². The summed E-state index contributed by atoms with van der Waals surface area (Å²) in [5, 5.41) is 5.37. The Hall–Kier alpha value is -1.18. The highest BCUT2D eigenvalue weighted by Crippen LogP contribution is 2.28. The first-order valence-corrected chi connectivity index (χ1v) is 8.24. The van der Waals surface area contributed by atoms with Crippen molar-refractivity contribution in [1.82, 2.24) is 9.88 Å². The molecule has 24 heavy (non-hydrogen) atoms. The van der Waals surface area contributed by atoms with Crippen molar-refractivity contribution in [2.75, 3.05) is 18.4 Å². The molecule has 0 unspecified atom stereocenters. The van der Waals surface area contributed by atoms with Gasteiger partial charge in [0.2, 0.25) is 5.91 Å². The third-order valence-electron chi connectivity index (χ3n) is 3.89. The third-order valence-corrected chi connectivity index (χ3v) is 4.70. The van der Waals surface area contributed by atoms with Crippen molar-refractivity contribution >= 4 is 47.2 Å². The SMILES string of the molecule is CC(=O)Nc1nc(CN2C[C@@H](N)[C@H](c3ccccc3)C2)cs1.Cl.Cl. The summed E-state index contributed by atoms with van der Waals surface area (Å²) >= 11 is 1.46. The summed E-state index contributed by atoms with van der Waals surface area (Å²) in [6.45, 7) is 4.07. The van der Waals surface area contributed by atoms with Gasteiger partial charge >= 0.3 is 0 Å². The Bertz CT molecular complexity index is 653. The molecule has 0 aliphatic carbocycles. The largest absolute Gasteiger partial charge is 0.326 e. The van der Waals surface area contributed by atoms with E-state index < -0.39 is 0 Å². The number of nitrogens with one attached hydrogen (secondary N) is 1. The van der Waals surface area contributed by atoms with Crippen LogP contribution in [0, 0.1) is 0 Å². The zero-order valence-electron chi connectivity index (χ0n) is 13.3. The van der Waals surface area contributed by atoms with Crippen LogP contribution in [-0.4, -0.2) is 34.9 Å². The van der Waals surface area contributed by atoms with Gasteiger partial charge in [-0.2, -0.15) is 0 Å². The lowest BCUT2D eigenvalue weighted by Gasteiger charge is -2.15. The summed E-state index contributed by atoms with van der Waals surface area (Å²) in [5.41, 5.74) is 8.59. The average molecular weight is 389 g/mol. The summed E-state index contributed by atoms with van der Waals surface area (Å²) in [6.07, 6.45) is 0. The molecule has 132 valence electrons. The van der Waals surface area contributed by atoms with Gasteiger partial charge in [-0.15, -0.1) is 36.2 Å². The molecule has 1 aromatic carbocycles. The van der Waals surface area contributed by atoms with E-state index in [0.717, 1.165) is 25.3 Å². The number of benzene rings is 1. The van der Waals surface area contributed by atoms with E-state index in [-0.39, 0.29) is 36.8 Å². The zero-order valence-corrected chi connectivity index (χ0v) is 15.8. The van der Waals surface area contributed by atoms with Crippen LogP contribution in [0.1, 0.15) is 24.1 Å². The Balaban J connectivity index is 0.00000144. The van der Waals surface area contributed by atoms with Gasteiger partial charge in [0.05, 0.1) is 5.69 Å². The fraction of sp³-hybridized carbons (Fsp3) is 0.375. The molecule has 2 aromatic rings. The van der Waals surface area contributed by atoms with E-state index in [2.05, 4.69) is 39.5 Å². The lowest BCUT2D eigenvalue weighted by Crippen LogP contribution is -2.28. The van der Waals surface area contributed by atoms with Gasteiger partial charge in [-0.25, -0.2) is 4.98 Å². The fourth-order valence-electron chi connectivity index (χ4n) is 2.91. The Morgan fingerprint density at radius 2 is 2.04 bits per heavy atom. The first-order chi connectivity index (χ1) is 10.6. The third kappa shape index (κ3) is 5.16. The zero-order chi connectivity index (χ0) is 15.5. The van der Waals surface area contributed by atoms with Gasteiger partial charge in [-0.05, 0) is 5.56 Å². The van der Waals surface area contributed by atoms with Gasteiger partial charge < -0.3 is 11.1 Å².